The molecular formula is C10H10N4O3. The summed E-state index contributed by atoms with van der Waals surface area (Å²) in [5.74, 6) is 0.0889. The van der Waals surface area contributed by atoms with Crippen LogP contribution in [-0.4, -0.2) is 25.3 Å². The average molecular weight is 234 g/mol. The normalized spacial score (nSPS) is 20.2. The zero-order chi connectivity index (χ0) is 12.0. The fourth-order valence-corrected chi connectivity index (χ4v) is 2.27. The number of H-pyrrole nitrogens is 2. The van der Waals surface area contributed by atoms with Crippen LogP contribution >= 0.6 is 0 Å². The molecule has 1 atom stereocenters. The molecule has 88 valence electrons. The molecule has 2 aromatic rings. The van der Waals surface area contributed by atoms with Crippen LogP contribution in [0.3, 0.4) is 0 Å². The fraction of sp³-hybridized carbons (Fsp3) is 0.400. The number of aromatic amines is 2. The molecule has 7 heteroatoms. The summed E-state index contributed by atoms with van der Waals surface area (Å²) < 4.78 is 1.12. The number of carbonyl (C=O) groups excluding carboxylic acids is 1. The van der Waals surface area contributed by atoms with Gasteiger partial charge in [0.2, 0.25) is 0 Å². The van der Waals surface area contributed by atoms with E-state index in [2.05, 4.69) is 15.0 Å². The molecule has 0 spiro atoms. The van der Waals surface area contributed by atoms with Crippen molar-refractivity contribution in [2.75, 3.05) is 0 Å². The van der Waals surface area contributed by atoms with Gasteiger partial charge in [0, 0.05) is 18.9 Å². The Morgan fingerprint density at radius 3 is 2.88 bits per heavy atom. The monoisotopic (exact) mass is 234 g/mol. The first-order valence-electron chi connectivity index (χ1n) is 5.36. The molecule has 0 bridgehead atoms. The highest BCUT2D eigenvalue weighted by molar-refractivity contribution is 5.81. The van der Waals surface area contributed by atoms with E-state index in [-0.39, 0.29) is 29.4 Å². The van der Waals surface area contributed by atoms with Gasteiger partial charge in [0.1, 0.15) is 11.3 Å². The van der Waals surface area contributed by atoms with E-state index in [4.69, 9.17) is 0 Å². The van der Waals surface area contributed by atoms with Crippen LogP contribution in [0.2, 0.25) is 0 Å². The second-order valence-corrected chi connectivity index (χ2v) is 4.17. The van der Waals surface area contributed by atoms with Crippen LogP contribution < -0.4 is 11.2 Å². The van der Waals surface area contributed by atoms with Gasteiger partial charge < -0.3 is 4.98 Å². The first-order valence-corrected chi connectivity index (χ1v) is 5.36. The first-order chi connectivity index (χ1) is 8.16. The molecule has 0 saturated heterocycles. The van der Waals surface area contributed by atoms with E-state index in [1.807, 2.05) is 0 Å². The number of rotatable bonds is 1. The van der Waals surface area contributed by atoms with Crippen LogP contribution in [0.4, 0.5) is 0 Å². The van der Waals surface area contributed by atoms with Crippen LogP contribution in [0.25, 0.3) is 11.2 Å². The van der Waals surface area contributed by atoms with Gasteiger partial charge in [0.15, 0.2) is 5.65 Å². The van der Waals surface area contributed by atoms with E-state index >= 15 is 0 Å². The van der Waals surface area contributed by atoms with E-state index in [1.54, 1.807) is 0 Å². The summed E-state index contributed by atoms with van der Waals surface area (Å²) in [5, 5.41) is 0. The predicted molar refractivity (Wildman–Crippen MR) is 58.9 cm³/mol. The minimum atomic E-state index is -0.505. The molecule has 0 aromatic carbocycles. The topological polar surface area (TPSA) is 101 Å². The zero-order valence-corrected chi connectivity index (χ0v) is 8.90. The van der Waals surface area contributed by atoms with Crippen LogP contribution in [-0.2, 0) is 4.79 Å². The maximum atomic E-state index is 12.1. The summed E-state index contributed by atoms with van der Waals surface area (Å²) in [6.07, 6.45) is 2.58. The summed E-state index contributed by atoms with van der Waals surface area (Å²) >= 11 is 0. The second-order valence-electron chi connectivity index (χ2n) is 4.17. The number of carbonyl (C=O) groups is 1. The standard InChI is InChI=1S/C10H10N4O3/c15-6-2-1-5(3-6)14-9(16)7-8(12-4-11-7)13-10(14)17/h4-5H,1-3H2,(H,11,12)(H,13,17). The lowest BCUT2D eigenvalue weighted by atomic mass is 10.2. The SMILES string of the molecule is O=C1CCC(n2c(=O)[nH]c3nc[nH]c3c2=O)C1. The van der Waals surface area contributed by atoms with Gasteiger partial charge in [-0.1, -0.05) is 0 Å². The molecule has 1 saturated carbocycles. The summed E-state index contributed by atoms with van der Waals surface area (Å²) in [4.78, 5) is 44.1. The molecule has 0 radical (unpaired) electrons. The van der Waals surface area contributed by atoms with E-state index in [0.29, 0.717) is 12.8 Å². The number of fused-ring (bicyclic) bond motifs is 1. The molecule has 3 rings (SSSR count). The Balaban J connectivity index is 2.25. The summed E-state index contributed by atoms with van der Waals surface area (Å²) in [5.41, 5.74) is -0.403. The van der Waals surface area contributed by atoms with Crippen molar-refractivity contribution in [3.63, 3.8) is 0 Å². The lowest BCUT2D eigenvalue weighted by molar-refractivity contribution is -0.117. The van der Waals surface area contributed by atoms with Crippen LogP contribution in [0.5, 0.6) is 0 Å². The lowest BCUT2D eigenvalue weighted by Crippen LogP contribution is -2.37. The van der Waals surface area contributed by atoms with Crippen LogP contribution in [0.15, 0.2) is 15.9 Å². The third kappa shape index (κ3) is 1.42. The molecule has 7 nitrogen and oxygen atoms in total. The Bertz CT molecular complexity index is 708. The smallest absolute Gasteiger partial charge is 0.330 e. The number of ketones is 1. The van der Waals surface area contributed by atoms with Crippen molar-refractivity contribution < 1.29 is 4.79 Å². The quantitative estimate of drug-likeness (QED) is 0.707. The minimum absolute atomic E-state index is 0.0889. The zero-order valence-electron chi connectivity index (χ0n) is 8.90. The molecule has 2 aromatic heterocycles. The highest BCUT2D eigenvalue weighted by atomic mass is 16.2. The van der Waals surface area contributed by atoms with Crippen molar-refractivity contribution in [1.29, 1.82) is 0 Å². The van der Waals surface area contributed by atoms with Gasteiger partial charge in [0.25, 0.3) is 5.56 Å². The molecule has 17 heavy (non-hydrogen) atoms. The maximum Gasteiger partial charge on any atom is 0.330 e. The first kappa shape index (κ1) is 10.0. The van der Waals surface area contributed by atoms with Crippen molar-refractivity contribution >= 4 is 16.9 Å². The Morgan fingerprint density at radius 1 is 1.35 bits per heavy atom. The summed E-state index contributed by atoms with van der Waals surface area (Å²) in [6.45, 7) is 0. The average Bonchev–Trinajstić information content (AvgIpc) is 2.87. The van der Waals surface area contributed by atoms with Gasteiger partial charge in [0.05, 0.1) is 6.33 Å². The minimum Gasteiger partial charge on any atom is -0.339 e. The number of aromatic nitrogens is 4. The van der Waals surface area contributed by atoms with Crippen molar-refractivity contribution in [1.82, 2.24) is 19.5 Å². The Labute approximate surface area is 94.5 Å². The Hall–Kier alpha value is -2.18. The lowest BCUT2D eigenvalue weighted by Gasteiger charge is -2.10. The molecular weight excluding hydrogens is 224 g/mol. The number of hydrogen-bond donors (Lipinski definition) is 2. The van der Waals surface area contributed by atoms with Gasteiger partial charge >= 0.3 is 5.69 Å². The van der Waals surface area contributed by atoms with Gasteiger partial charge in [-0.2, -0.15) is 0 Å². The highest BCUT2D eigenvalue weighted by Crippen LogP contribution is 2.24. The molecule has 1 fully saturated rings. The van der Waals surface area contributed by atoms with Gasteiger partial charge in [-0.05, 0) is 6.42 Å². The second kappa shape index (κ2) is 3.41. The third-order valence-corrected chi connectivity index (χ3v) is 3.10. The molecule has 2 N–H and O–H groups in total. The van der Waals surface area contributed by atoms with E-state index in [9.17, 15) is 14.4 Å². The van der Waals surface area contributed by atoms with Gasteiger partial charge in [-0.15, -0.1) is 0 Å². The van der Waals surface area contributed by atoms with E-state index in [0.717, 1.165) is 4.57 Å². The number of imidazole rings is 1. The molecule has 2 heterocycles. The Morgan fingerprint density at radius 2 is 2.18 bits per heavy atom. The molecule has 0 aliphatic heterocycles. The summed E-state index contributed by atoms with van der Waals surface area (Å²) in [7, 11) is 0. The molecule has 0 amide bonds. The van der Waals surface area contributed by atoms with Gasteiger partial charge in [-0.25, -0.2) is 9.78 Å². The maximum absolute atomic E-state index is 12.1. The van der Waals surface area contributed by atoms with E-state index in [1.165, 1.54) is 6.33 Å². The van der Waals surface area contributed by atoms with Crippen molar-refractivity contribution in [3.8, 4) is 0 Å². The molecule has 1 aliphatic carbocycles. The molecule has 1 unspecified atom stereocenters. The van der Waals surface area contributed by atoms with Crippen LogP contribution in [0, 0.1) is 0 Å². The van der Waals surface area contributed by atoms with Crippen molar-refractivity contribution in [2.24, 2.45) is 0 Å². The van der Waals surface area contributed by atoms with Crippen molar-refractivity contribution in [3.05, 3.63) is 27.2 Å². The predicted octanol–water partition coefficient (Wildman–Crippen LogP) is -0.293. The van der Waals surface area contributed by atoms with Gasteiger partial charge in [-0.3, -0.25) is 19.1 Å². The third-order valence-electron chi connectivity index (χ3n) is 3.10. The van der Waals surface area contributed by atoms with Crippen molar-refractivity contribution in [2.45, 2.75) is 25.3 Å². The van der Waals surface area contributed by atoms with Crippen LogP contribution in [0.1, 0.15) is 25.3 Å². The molecule has 1 aliphatic rings. The highest BCUT2D eigenvalue weighted by Gasteiger charge is 2.26. The summed E-state index contributed by atoms with van der Waals surface area (Å²) in [6, 6.07) is -0.327. The number of nitrogens with one attached hydrogen (secondary N) is 2. The fourth-order valence-electron chi connectivity index (χ4n) is 2.27. The number of nitrogens with zero attached hydrogens (tertiary/aromatic N) is 2. The number of Topliss-reactive ketones (excluding diaryl/α,β-unsaturated/α-hetero) is 1. The number of hydrogen-bond acceptors (Lipinski definition) is 4. The Kier molecular flexibility index (Phi) is 2.01. The van der Waals surface area contributed by atoms with E-state index < -0.39 is 11.2 Å². The largest absolute Gasteiger partial charge is 0.339 e.